The quantitative estimate of drug-likeness (QED) is 0.746. The van der Waals surface area contributed by atoms with Crippen LogP contribution in [0.4, 0.5) is 22.0 Å². The third-order valence-electron chi connectivity index (χ3n) is 3.97. The van der Waals surface area contributed by atoms with Gasteiger partial charge < -0.3 is 4.52 Å². The van der Waals surface area contributed by atoms with Crippen LogP contribution in [0.1, 0.15) is 30.7 Å². The molecule has 0 N–H and O–H groups in total. The SMILES string of the molecule is O=C(Cc1ccc(-c2noc(C(F)(F)F)n2)cc1)CC1CC(F)(F)C1. The van der Waals surface area contributed by atoms with Gasteiger partial charge in [-0.25, -0.2) is 8.78 Å². The molecule has 3 rings (SSSR count). The van der Waals surface area contributed by atoms with Gasteiger partial charge in [-0.1, -0.05) is 29.4 Å². The van der Waals surface area contributed by atoms with Crippen LogP contribution in [0.5, 0.6) is 0 Å². The predicted octanol–water partition coefficient (Wildman–Crippen LogP) is 4.30. The second-order valence-corrected chi connectivity index (χ2v) is 6.17. The summed E-state index contributed by atoms with van der Waals surface area (Å²) in [6.07, 6.45) is -5.02. The van der Waals surface area contributed by atoms with Crippen molar-refractivity contribution in [3.8, 4) is 11.4 Å². The van der Waals surface area contributed by atoms with Crippen LogP contribution in [-0.4, -0.2) is 21.8 Å². The van der Waals surface area contributed by atoms with Gasteiger partial charge >= 0.3 is 12.1 Å². The van der Waals surface area contributed by atoms with E-state index in [9.17, 15) is 26.7 Å². The molecule has 0 radical (unpaired) electrons. The number of hydrogen-bond acceptors (Lipinski definition) is 4. The monoisotopic (exact) mass is 360 g/mol. The molecule has 2 aromatic rings. The Morgan fingerprint density at radius 1 is 1.20 bits per heavy atom. The lowest BCUT2D eigenvalue weighted by atomic mass is 9.78. The molecule has 0 unspecified atom stereocenters. The summed E-state index contributed by atoms with van der Waals surface area (Å²) in [5.74, 6) is -4.71. The molecule has 0 amide bonds. The van der Waals surface area contributed by atoms with Crippen LogP contribution in [0.25, 0.3) is 11.4 Å². The van der Waals surface area contributed by atoms with Crippen molar-refractivity contribution in [2.45, 2.75) is 37.8 Å². The van der Waals surface area contributed by atoms with Gasteiger partial charge in [0, 0.05) is 31.2 Å². The van der Waals surface area contributed by atoms with Crippen LogP contribution in [0.15, 0.2) is 28.8 Å². The lowest BCUT2D eigenvalue weighted by molar-refractivity contribution is -0.159. The van der Waals surface area contributed by atoms with E-state index < -0.39 is 18.0 Å². The van der Waals surface area contributed by atoms with Crippen LogP contribution < -0.4 is 0 Å². The molecule has 1 saturated carbocycles. The molecule has 1 aliphatic rings. The molecule has 0 spiro atoms. The molecule has 0 bridgehead atoms. The van der Waals surface area contributed by atoms with E-state index in [0.29, 0.717) is 11.1 Å². The van der Waals surface area contributed by atoms with Crippen molar-refractivity contribution in [1.82, 2.24) is 10.1 Å². The average molecular weight is 360 g/mol. The van der Waals surface area contributed by atoms with E-state index in [4.69, 9.17) is 0 Å². The van der Waals surface area contributed by atoms with Gasteiger partial charge in [0.05, 0.1) is 0 Å². The Morgan fingerprint density at radius 2 is 1.84 bits per heavy atom. The Morgan fingerprint density at radius 3 is 2.36 bits per heavy atom. The highest BCUT2D eigenvalue weighted by Crippen LogP contribution is 2.44. The molecule has 0 atom stereocenters. The van der Waals surface area contributed by atoms with Crippen molar-refractivity contribution >= 4 is 5.78 Å². The minimum atomic E-state index is -4.71. The molecule has 1 aromatic carbocycles. The number of aromatic nitrogens is 2. The fourth-order valence-corrected chi connectivity index (χ4v) is 2.78. The van der Waals surface area contributed by atoms with E-state index in [1.807, 2.05) is 0 Å². The second-order valence-electron chi connectivity index (χ2n) is 6.17. The van der Waals surface area contributed by atoms with Crippen molar-refractivity contribution in [1.29, 1.82) is 0 Å². The van der Waals surface area contributed by atoms with E-state index in [-0.39, 0.29) is 43.2 Å². The van der Waals surface area contributed by atoms with Crippen LogP contribution in [0.3, 0.4) is 0 Å². The zero-order valence-corrected chi connectivity index (χ0v) is 12.8. The molecule has 1 aliphatic carbocycles. The van der Waals surface area contributed by atoms with E-state index in [0.717, 1.165) is 0 Å². The molecule has 4 nitrogen and oxygen atoms in total. The summed E-state index contributed by atoms with van der Waals surface area (Å²) < 4.78 is 66.9. The summed E-state index contributed by atoms with van der Waals surface area (Å²) in [7, 11) is 0. The number of Topliss-reactive ketones (excluding diaryl/α,β-unsaturated/α-hetero) is 1. The highest BCUT2D eigenvalue weighted by atomic mass is 19.4. The summed E-state index contributed by atoms with van der Waals surface area (Å²) in [6, 6.07) is 6.08. The van der Waals surface area contributed by atoms with Crippen molar-refractivity contribution in [3.05, 3.63) is 35.7 Å². The normalized spacial score (nSPS) is 17.3. The number of nitrogens with zero attached hydrogens (tertiary/aromatic N) is 2. The zero-order valence-electron chi connectivity index (χ0n) is 12.8. The van der Waals surface area contributed by atoms with Crippen LogP contribution in [0, 0.1) is 5.92 Å². The first-order valence-electron chi connectivity index (χ1n) is 7.52. The summed E-state index contributed by atoms with van der Waals surface area (Å²) in [5, 5.41) is 3.27. The highest BCUT2D eigenvalue weighted by Gasteiger charge is 2.45. The molecule has 0 aliphatic heterocycles. The van der Waals surface area contributed by atoms with Crippen LogP contribution in [-0.2, 0) is 17.4 Å². The summed E-state index contributed by atoms with van der Waals surface area (Å²) in [5.41, 5.74) is 0.952. The molecule has 1 fully saturated rings. The summed E-state index contributed by atoms with van der Waals surface area (Å²) in [6.45, 7) is 0. The molecule has 25 heavy (non-hydrogen) atoms. The Labute approximate surface area is 139 Å². The van der Waals surface area contributed by atoms with Crippen molar-refractivity contribution in [2.24, 2.45) is 5.92 Å². The minimum absolute atomic E-state index is 0.0857. The van der Waals surface area contributed by atoms with Gasteiger partial charge in [-0.3, -0.25) is 4.79 Å². The second kappa shape index (κ2) is 6.20. The van der Waals surface area contributed by atoms with E-state index in [1.54, 1.807) is 12.1 Å². The van der Waals surface area contributed by atoms with E-state index >= 15 is 0 Å². The molecule has 1 heterocycles. The van der Waals surface area contributed by atoms with Crippen molar-refractivity contribution < 1.29 is 31.3 Å². The lowest BCUT2D eigenvalue weighted by Gasteiger charge is -2.34. The molecule has 0 saturated heterocycles. The van der Waals surface area contributed by atoms with Crippen molar-refractivity contribution in [2.75, 3.05) is 0 Å². The molecular weight excluding hydrogens is 347 g/mol. The lowest BCUT2D eigenvalue weighted by Crippen LogP contribution is -2.36. The summed E-state index contributed by atoms with van der Waals surface area (Å²) in [4.78, 5) is 15.2. The largest absolute Gasteiger partial charge is 0.471 e. The Kier molecular flexibility index (Phi) is 4.34. The zero-order chi connectivity index (χ0) is 18.2. The Hall–Kier alpha value is -2.32. The van der Waals surface area contributed by atoms with Gasteiger partial charge in [-0.05, 0) is 11.5 Å². The maximum Gasteiger partial charge on any atom is 0.471 e. The predicted molar refractivity (Wildman–Crippen MR) is 75.7 cm³/mol. The average Bonchev–Trinajstić information content (AvgIpc) is 2.96. The molecular formula is C16H13F5N2O2. The number of carbonyl (C=O) groups is 1. The third-order valence-corrected chi connectivity index (χ3v) is 3.97. The maximum absolute atomic E-state index is 12.7. The van der Waals surface area contributed by atoms with E-state index in [1.165, 1.54) is 12.1 Å². The number of halogens is 5. The number of benzene rings is 1. The van der Waals surface area contributed by atoms with Gasteiger partial charge in [-0.2, -0.15) is 18.2 Å². The minimum Gasteiger partial charge on any atom is -0.329 e. The van der Waals surface area contributed by atoms with Gasteiger partial charge in [0.1, 0.15) is 5.78 Å². The number of rotatable bonds is 5. The Balaban J connectivity index is 1.59. The fourth-order valence-electron chi connectivity index (χ4n) is 2.78. The fraction of sp³-hybridized carbons (Fsp3) is 0.438. The highest BCUT2D eigenvalue weighted by molar-refractivity contribution is 5.81. The van der Waals surface area contributed by atoms with Crippen molar-refractivity contribution in [3.63, 3.8) is 0 Å². The number of carbonyl (C=O) groups excluding carboxylic acids is 1. The number of ketones is 1. The maximum atomic E-state index is 12.7. The molecule has 1 aromatic heterocycles. The van der Waals surface area contributed by atoms with Crippen LogP contribution in [0.2, 0.25) is 0 Å². The van der Waals surface area contributed by atoms with Gasteiger partial charge in [0.15, 0.2) is 0 Å². The molecule has 134 valence electrons. The number of hydrogen-bond donors (Lipinski definition) is 0. The topological polar surface area (TPSA) is 56.0 Å². The summed E-state index contributed by atoms with van der Waals surface area (Å²) >= 11 is 0. The first-order valence-corrected chi connectivity index (χ1v) is 7.52. The third kappa shape index (κ3) is 4.21. The van der Waals surface area contributed by atoms with Gasteiger partial charge in [0.25, 0.3) is 0 Å². The smallest absolute Gasteiger partial charge is 0.329 e. The standard InChI is InChI=1S/C16H13F5N2O2/c17-15(18)7-10(8-15)6-12(24)5-9-1-3-11(4-2-9)13-22-14(25-23-13)16(19,20)21/h1-4,10H,5-8H2. The first-order chi connectivity index (χ1) is 11.6. The first kappa shape index (κ1) is 17.5. The number of alkyl halides is 5. The van der Waals surface area contributed by atoms with Gasteiger partial charge in [-0.15, -0.1) is 0 Å². The van der Waals surface area contributed by atoms with E-state index in [2.05, 4.69) is 14.7 Å². The molecule has 9 heteroatoms. The van der Waals surface area contributed by atoms with Crippen LogP contribution >= 0.6 is 0 Å². The van der Waals surface area contributed by atoms with Gasteiger partial charge in [0.2, 0.25) is 11.7 Å². The Bertz CT molecular complexity index is 760.